The van der Waals surface area contributed by atoms with Crippen molar-refractivity contribution in [2.45, 2.75) is 132 Å². The zero-order chi connectivity index (χ0) is 22.4. The van der Waals surface area contributed by atoms with Crippen LogP contribution in [0.25, 0.3) is 0 Å². The topological polar surface area (TPSA) is 0 Å². The predicted octanol–water partition coefficient (Wildman–Crippen LogP) is 9.90. The molecule has 31 heavy (non-hydrogen) atoms. The molecule has 5 atom stereocenters. The Bertz CT molecular complexity index is 716. The van der Waals surface area contributed by atoms with Crippen LogP contribution in [0.5, 0.6) is 0 Å². The summed E-state index contributed by atoms with van der Waals surface area (Å²) in [6, 6.07) is 0. The van der Waals surface area contributed by atoms with Crippen LogP contribution >= 0.6 is 0 Å². The van der Waals surface area contributed by atoms with Crippen LogP contribution in [0.4, 0.5) is 0 Å². The molecule has 0 nitrogen and oxygen atoms in total. The van der Waals surface area contributed by atoms with Crippen LogP contribution in [0.3, 0.4) is 0 Å². The van der Waals surface area contributed by atoms with Crippen molar-refractivity contribution >= 4 is 0 Å². The van der Waals surface area contributed by atoms with E-state index in [-0.39, 0.29) is 0 Å². The van der Waals surface area contributed by atoms with Crippen molar-refractivity contribution in [3.8, 4) is 0 Å². The van der Waals surface area contributed by atoms with E-state index in [2.05, 4.69) is 54.5 Å². The third-order valence-corrected chi connectivity index (χ3v) is 11.4. The Hall–Kier alpha value is -0.520. The quantitative estimate of drug-likeness (QED) is 0.381. The maximum absolute atomic E-state index is 2.73. The lowest BCUT2D eigenvalue weighted by atomic mass is 9.45. The molecular weight excluding hydrogens is 372 g/mol. The first-order valence-corrected chi connectivity index (χ1v) is 14.2. The Balaban J connectivity index is 1.59. The van der Waals surface area contributed by atoms with Gasteiger partial charge in [-0.25, -0.2) is 0 Å². The summed E-state index contributed by atoms with van der Waals surface area (Å²) in [5.74, 6) is 3.53. The molecule has 0 aromatic carbocycles. The highest BCUT2D eigenvalue weighted by Gasteiger charge is 2.56. The zero-order valence-corrected chi connectivity index (χ0v) is 22.1. The molecule has 176 valence electrons. The standard InChI is InChI=1S/C31H52/c1-8-31(9-2)20-11-19-30(7)27-18-21-29(6)25(23(5)13-10-12-22(3)4)15-16-26(29)24(27)14-17-28(30)31/h16,22-23,25,28H,8-15,17-21H2,1-7H3/t23-,25-,28?,29-,30-/m1/s1. The molecule has 0 saturated heterocycles. The van der Waals surface area contributed by atoms with Crippen molar-refractivity contribution in [1.29, 1.82) is 0 Å². The van der Waals surface area contributed by atoms with Crippen LogP contribution in [-0.4, -0.2) is 0 Å². The van der Waals surface area contributed by atoms with Gasteiger partial charge in [-0.1, -0.05) is 98.6 Å². The van der Waals surface area contributed by atoms with Gasteiger partial charge in [0.25, 0.3) is 0 Å². The fourth-order valence-corrected chi connectivity index (χ4v) is 9.45. The largest absolute Gasteiger partial charge is 0.0802 e. The molecule has 0 spiro atoms. The molecule has 0 heteroatoms. The molecule has 1 fully saturated rings. The van der Waals surface area contributed by atoms with Gasteiger partial charge in [0.05, 0.1) is 0 Å². The average molecular weight is 425 g/mol. The fraction of sp³-hybridized carbons (Fsp3) is 0.871. The first-order chi connectivity index (χ1) is 14.7. The first kappa shape index (κ1) is 23.6. The molecule has 0 radical (unpaired) electrons. The van der Waals surface area contributed by atoms with Crippen molar-refractivity contribution in [2.75, 3.05) is 0 Å². The normalized spacial score (nSPS) is 37.9. The van der Waals surface area contributed by atoms with Gasteiger partial charge < -0.3 is 0 Å². The van der Waals surface area contributed by atoms with Gasteiger partial charge in [0.15, 0.2) is 0 Å². The molecule has 1 unspecified atom stereocenters. The maximum atomic E-state index is 2.73. The first-order valence-electron chi connectivity index (χ1n) is 14.2. The molecule has 0 bridgehead atoms. The monoisotopic (exact) mass is 424 g/mol. The van der Waals surface area contributed by atoms with Crippen LogP contribution in [0.2, 0.25) is 0 Å². The minimum absolute atomic E-state index is 0.459. The predicted molar refractivity (Wildman–Crippen MR) is 136 cm³/mol. The third kappa shape index (κ3) is 3.71. The third-order valence-electron chi connectivity index (χ3n) is 11.4. The summed E-state index contributed by atoms with van der Waals surface area (Å²) in [5.41, 5.74) is 7.20. The summed E-state index contributed by atoms with van der Waals surface area (Å²) in [4.78, 5) is 0. The van der Waals surface area contributed by atoms with Gasteiger partial charge in [-0.3, -0.25) is 0 Å². The number of hydrogen-bond donors (Lipinski definition) is 0. The van der Waals surface area contributed by atoms with Gasteiger partial charge in [0.2, 0.25) is 0 Å². The van der Waals surface area contributed by atoms with E-state index in [1.165, 1.54) is 83.5 Å². The Kier molecular flexibility index (Phi) is 6.62. The van der Waals surface area contributed by atoms with E-state index in [0.29, 0.717) is 16.2 Å². The van der Waals surface area contributed by atoms with Crippen molar-refractivity contribution in [1.82, 2.24) is 0 Å². The second-order valence-electron chi connectivity index (χ2n) is 13.1. The van der Waals surface area contributed by atoms with Gasteiger partial charge in [0.1, 0.15) is 0 Å². The van der Waals surface area contributed by atoms with E-state index in [4.69, 9.17) is 0 Å². The van der Waals surface area contributed by atoms with Crippen LogP contribution in [-0.2, 0) is 0 Å². The highest BCUT2D eigenvalue weighted by atomic mass is 14.6. The number of allylic oxidation sites excluding steroid dienone is 4. The molecule has 4 aliphatic carbocycles. The number of rotatable bonds is 7. The van der Waals surface area contributed by atoms with Crippen LogP contribution in [0, 0.1) is 39.9 Å². The summed E-state index contributed by atoms with van der Waals surface area (Å²) in [6.07, 6.45) is 21.2. The second-order valence-corrected chi connectivity index (χ2v) is 13.1. The SMILES string of the molecule is CCC1(CC)CCC[C@]2(C)C3=C(CCC12)C1=CC[C@H]([C@H](C)CCCC(C)C)[C@@]1(C)CC3. The van der Waals surface area contributed by atoms with E-state index >= 15 is 0 Å². The molecule has 1 saturated carbocycles. The van der Waals surface area contributed by atoms with Crippen molar-refractivity contribution in [2.24, 2.45) is 39.9 Å². The van der Waals surface area contributed by atoms with Gasteiger partial charge in [-0.2, -0.15) is 0 Å². The van der Waals surface area contributed by atoms with Crippen LogP contribution in [0.1, 0.15) is 132 Å². The highest BCUT2D eigenvalue weighted by molar-refractivity contribution is 5.49. The van der Waals surface area contributed by atoms with E-state index < -0.39 is 0 Å². The van der Waals surface area contributed by atoms with E-state index in [9.17, 15) is 0 Å². The van der Waals surface area contributed by atoms with Crippen molar-refractivity contribution in [3.05, 3.63) is 22.8 Å². The molecule has 0 aromatic heterocycles. The molecule has 4 rings (SSSR count). The lowest BCUT2D eigenvalue weighted by Gasteiger charge is -2.59. The van der Waals surface area contributed by atoms with Gasteiger partial charge in [0, 0.05) is 0 Å². The van der Waals surface area contributed by atoms with Crippen molar-refractivity contribution in [3.63, 3.8) is 0 Å². The van der Waals surface area contributed by atoms with E-state index in [0.717, 1.165) is 23.7 Å². The summed E-state index contributed by atoms with van der Waals surface area (Å²) in [7, 11) is 0. The molecular formula is C31H52. The van der Waals surface area contributed by atoms with Crippen LogP contribution < -0.4 is 0 Å². The van der Waals surface area contributed by atoms with E-state index in [1.54, 1.807) is 0 Å². The second kappa shape index (κ2) is 8.68. The average Bonchev–Trinajstić information content (AvgIpc) is 3.09. The Morgan fingerprint density at radius 3 is 2.35 bits per heavy atom. The van der Waals surface area contributed by atoms with Gasteiger partial charge >= 0.3 is 0 Å². The number of fused-ring (bicyclic) bond motifs is 4. The summed E-state index contributed by atoms with van der Waals surface area (Å²) >= 11 is 0. The lowest BCUT2D eigenvalue weighted by Crippen LogP contribution is -2.49. The fourth-order valence-electron chi connectivity index (χ4n) is 9.45. The van der Waals surface area contributed by atoms with Crippen LogP contribution in [0.15, 0.2) is 22.8 Å². The minimum Gasteiger partial charge on any atom is -0.0802 e. The smallest absolute Gasteiger partial charge is 0.00389 e. The molecule has 0 heterocycles. The highest BCUT2D eigenvalue weighted by Crippen LogP contribution is 2.67. The molecule has 0 aromatic rings. The van der Waals surface area contributed by atoms with E-state index in [1.807, 2.05) is 16.7 Å². The zero-order valence-electron chi connectivity index (χ0n) is 22.1. The molecule has 4 aliphatic rings. The van der Waals surface area contributed by atoms with Gasteiger partial charge in [-0.15, -0.1) is 0 Å². The summed E-state index contributed by atoms with van der Waals surface area (Å²) in [6.45, 7) is 17.7. The Morgan fingerprint density at radius 1 is 0.935 bits per heavy atom. The Labute approximate surface area is 194 Å². The van der Waals surface area contributed by atoms with Gasteiger partial charge in [-0.05, 0) is 96.0 Å². The molecule has 0 aliphatic heterocycles. The molecule has 0 N–H and O–H groups in total. The summed E-state index contributed by atoms with van der Waals surface area (Å²) < 4.78 is 0. The molecule has 0 amide bonds. The lowest BCUT2D eigenvalue weighted by molar-refractivity contribution is -0.0246. The maximum Gasteiger partial charge on any atom is -0.00389 e. The summed E-state index contributed by atoms with van der Waals surface area (Å²) in [5, 5.41) is 0. The minimum atomic E-state index is 0.459. The Morgan fingerprint density at radius 2 is 1.68 bits per heavy atom. The van der Waals surface area contributed by atoms with Crippen molar-refractivity contribution < 1.29 is 0 Å². The number of hydrogen-bond acceptors (Lipinski definition) is 0.